The predicted octanol–water partition coefficient (Wildman–Crippen LogP) is 4.64. The van der Waals surface area contributed by atoms with Crippen LogP contribution in [-0.2, 0) is 14.3 Å². The molecular weight excluding hydrogens is 464 g/mol. The molecule has 0 aromatic carbocycles. The van der Waals surface area contributed by atoms with E-state index in [0.29, 0.717) is 42.4 Å². The molecule has 3 rings (SSSR count). The van der Waals surface area contributed by atoms with Crippen molar-refractivity contribution in [3.63, 3.8) is 0 Å². The molecule has 35 heavy (non-hydrogen) atoms. The van der Waals surface area contributed by atoms with Crippen molar-refractivity contribution in [2.45, 2.75) is 72.3 Å². The molecule has 1 saturated carbocycles. The molecule has 1 aromatic rings. The van der Waals surface area contributed by atoms with Crippen molar-refractivity contribution >= 4 is 34.8 Å². The molecule has 1 saturated heterocycles. The highest BCUT2D eigenvalue weighted by molar-refractivity contribution is 7.15. The van der Waals surface area contributed by atoms with E-state index < -0.39 is 5.97 Å². The van der Waals surface area contributed by atoms with E-state index in [-0.39, 0.29) is 40.7 Å². The van der Waals surface area contributed by atoms with Crippen LogP contribution < -0.4 is 4.90 Å². The monoisotopic (exact) mass is 502 g/mol. The Hall–Kier alpha value is -2.37. The molecule has 0 unspecified atom stereocenters. The lowest BCUT2D eigenvalue weighted by molar-refractivity contribution is -0.136. The zero-order chi connectivity index (χ0) is 25.8. The largest absolute Gasteiger partial charge is 0.477 e. The first kappa shape index (κ1) is 27.2. The van der Waals surface area contributed by atoms with Crippen LogP contribution in [0.1, 0.15) is 80.8 Å². The Balaban J connectivity index is 1.95. The summed E-state index contributed by atoms with van der Waals surface area (Å²) in [7, 11) is 1.50. The van der Waals surface area contributed by atoms with Crippen LogP contribution in [0, 0.1) is 29.1 Å². The SMILES string of the molecule is COCC(=O)N1CCC(N(c2cc(C#CC(C)(C)C)sc2C(=O)O)C(=O)[C@H]2CC[C@H](C)CC2)CC1. The summed E-state index contributed by atoms with van der Waals surface area (Å²) in [4.78, 5) is 42.8. The minimum absolute atomic E-state index is 0.00852. The van der Waals surface area contributed by atoms with Gasteiger partial charge in [-0.05, 0) is 71.3 Å². The number of piperidine rings is 1. The van der Waals surface area contributed by atoms with Gasteiger partial charge < -0.3 is 19.6 Å². The Morgan fingerprint density at radius 3 is 2.31 bits per heavy atom. The number of carbonyl (C=O) groups excluding carboxylic acids is 2. The number of rotatable bonds is 6. The van der Waals surface area contributed by atoms with E-state index in [2.05, 4.69) is 18.8 Å². The van der Waals surface area contributed by atoms with E-state index in [4.69, 9.17) is 4.74 Å². The third-order valence-corrected chi connectivity index (χ3v) is 7.81. The van der Waals surface area contributed by atoms with E-state index >= 15 is 0 Å². The Kier molecular flexibility index (Phi) is 9.00. The summed E-state index contributed by atoms with van der Waals surface area (Å²) in [5.41, 5.74) is 0.231. The van der Waals surface area contributed by atoms with Gasteiger partial charge in [0.15, 0.2) is 0 Å². The highest BCUT2D eigenvalue weighted by Crippen LogP contribution is 2.38. The summed E-state index contributed by atoms with van der Waals surface area (Å²) in [5.74, 6) is 5.69. The maximum Gasteiger partial charge on any atom is 0.348 e. The van der Waals surface area contributed by atoms with Crippen LogP contribution in [0.15, 0.2) is 6.07 Å². The maximum atomic E-state index is 13.9. The molecule has 0 atom stereocenters. The van der Waals surface area contributed by atoms with Gasteiger partial charge in [0, 0.05) is 37.6 Å². The Morgan fingerprint density at radius 1 is 1.14 bits per heavy atom. The summed E-state index contributed by atoms with van der Waals surface area (Å²) in [6.07, 6.45) is 4.86. The Morgan fingerprint density at radius 2 is 1.77 bits per heavy atom. The number of nitrogens with zero attached hydrogens (tertiary/aromatic N) is 2. The smallest absolute Gasteiger partial charge is 0.348 e. The molecule has 8 heteroatoms. The minimum Gasteiger partial charge on any atom is -0.477 e. The molecular formula is C27H38N2O5S. The van der Waals surface area contributed by atoms with Crippen LogP contribution in [0.25, 0.3) is 0 Å². The van der Waals surface area contributed by atoms with Gasteiger partial charge in [-0.25, -0.2) is 4.79 Å². The van der Waals surface area contributed by atoms with Crippen molar-refractivity contribution in [1.82, 2.24) is 4.90 Å². The number of carboxylic acid groups (broad SMARTS) is 1. The number of aromatic carboxylic acids is 1. The average molecular weight is 503 g/mol. The molecule has 0 bridgehead atoms. The van der Waals surface area contributed by atoms with Gasteiger partial charge in [-0.15, -0.1) is 11.3 Å². The summed E-state index contributed by atoms with van der Waals surface area (Å²) >= 11 is 1.13. The van der Waals surface area contributed by atoms with E-state index in [1.165, 1.54) is 7.11 Å². The molecule has 0 radical (unpaired) electrons. The van der Waals surface area contributed by atoms with Gasteiger partial charge >= 0.3 is 5.97 Å². The summed E-state index contributed by atoms with van der Waals surface area (Å²) in [5, 5.41) is 10.0. The molecule has 1 aliphatic carbocycles. The van der Waals surface area contributed by atoms with Crippen molar-refractivity contribution in [3.8, 4) is 11.8 Å². The minimum atomic E-state index is -1.04. The van der Waals surface area contributed by atoms with Crippen LogP contribution in [0.2, 0.25) is 0 Å². The number of methoxy groups -OCH3 is 1. The molecule has 2 aliphatic rings. The molecule has 1 N–H and O–H groups in total. The number of thiophene rings is 1. The molecule has 2 fully saturated rings. The van der Waals surface area contributed by atoms with Gasteiger partial charge in [0.1, 0.15) is 11.5 Å². The first-order valence-corrected chi connectivity index (χ1v) is 13.3. The lowest BCUT2D eigenvalue weighted by Gasteiger charge is -2.40. The lowest BCUT2D eigenvalue weighted by atomic mass is 9.82. The van der Waals surface area contributed by atoms with Gasteiger partial charge in [0.25, 0.3) is 0 Å². The summed E-state index contributed by atoms with van der Waals surface area (Å²) < 4.78 is 4.99. The third-order valence-electron chi connectivity index (χ3n) is 6.78. The fraction of sp³-hybridized carbons (Fsp3) is 0.667. The average Bonchev–Trinajstić information content (AvgIpc) is 3.23. The predicted molar refractivity (Wildman–Crippen MR) is 138 cm³/mol. The van der Waals surface area contributed by atoms with E-state index in [1.54, 1.807) is 15.9 Å². The zero-order valence-electron chi connectivity index (χ0n) is 21.6. The molecule has 1 aliphatic heterocycles. The van der Waals surface area contributed by atoms with E-state index in [9.17, 15) is 19.5 Å². The summed E-state index contributed by atoms with van der Waals surface area (Å²) in [6.45, 7) is 9.30. The maximum absolute atomic E-state index is 13.9. The molecule has 192 valence electrons. The van der Waals surface area contributed by atoms with Crippen LogP contribution in [0.3, 0.4) is 0 Å². The number of carboxylic acids is 1. The number of hydrogen-bond acceptors (Lipinski definition) is 5. The molecule has 0 spiro atoms. The lowest BCUT2D eigenvalue weighted by Crippen LogP contribution is -2.51. The Bertz CT molecular complexity index is 983. The van der Waals surface area contributed by atoms with Crippen molar-refractivity contribution in [2.24, 2.45) is 17.3 Å². The van der Waals surface area contributed by atoms with Crippen molar-refractivity contribution in [1.29, 1.82) is 0 Å². The topological polar surface area (TPSA) is 87.2 Å². The summed E-state index contributed by atoms with van der Waals surface area (Å²) in [6, 6.07) is 1.61. The van der Waals surface area contributed by atoms with Gasteiger partial charge in [-0.3, -0.25) is 9.59 Å². The van der Waals surface area contributed by atoms with Crippen molar-refractivity contribution in [2.75, 3.05) is 31.7 Å². The second-order valence-electron chi connectivity index (χ2n) is 10.8. The number of anilines is 1. The molecule has 2 amide bonds. The van der Waals surface area contributed by atoms with Crippen molar-refractivity contribution in [3.05, 3.63) is 15.8 Å². The van der Waals surface area contributed by atoms with Crippen LogP contribution in [-0.4, -0.2) is 60.6 Å². The normalized spacial score (nSPS) is 21.2. The number of likely N-dealkylation sites (tertiary alicyclic amines) is 1. The standard InChI is InChI=1S/C27H38N2O5S/c1-18-6-8-19(9-7-18)25(31)29(20-11-14-28(15-12-20)23(30)17-34-5)22-16-21(10-13-27(2,3)4)35-24(22)26(32)33/h16,18-20H,6-9,11-12,14-15,17H2,1-5H3,(H,32,33)/t18-,19-. The van der Waals surface area contributed by atoms with Gasteiger partial charge in [0.2, 0.25) is 11.8 Å². The van der Waals surface area contributed by atoms with Gasteiger partial charge in [-0.1, -0.05) is 18.8 Å². The fourth-order valence-corrected chi connectivity index (χ4v) is 5.65. The van der Waals surface area contributed by atoms with Gasteiger partial charge in [-0.2, -0.15) is 0 Å². The van der Waals surface area contributed by atoms with Crippen molar-refractivity contribution < 1.29 is 24.2 Å². The number of ether oxygens (including phenoxy) is 1. The van der Waals surface area contributed by atoms with Crippen LogP contribution in [0.5, 0.6) is 0 Å². The highest BCUT2D eigenvalue weighted by Gasteiger charge is 2.37. The van der Waals surface area contributed by atoms with Crippen LogP contribution in [0.4, 0.5) is 5.69 Å². The fourth-order valence-electron chi connectivity index (χ4n) is 4.81. The third kappa shape index (κ3) is 7.08. The highest BCUT2D eigenvalue weighted by atomic mass is 32.1. The first-order chi connectivity index (χ1) is 16.5. The number of amides is 2. The number of hydrogen-bond donors (Lipinski definition) is 1. The number of carbonyl (C=O) groups is 3. The van der Waals surface area contributed by atoms with E-state index in [0.717, 1.165) is 37.0 Å². The molecule has 2 heterocycles. The van der Waals surface area contributed by atoms with E-state index in [1.807, 2.05) is 20.8 Å². The quantitative estimate of drug-likeness (QED) is 0.573. The molecule has 7 nitrogen and oxygen atoms in total. The van der Waals surface area contributed by atoms with Gasteiger partial charge in [0.05, 0.1) is 10.6 Å². The first-order valence-electron chi connectivity index (χ1n) is 12.5. The zero-order valence-corrected chi connectivity index (χ0v) is 22.4. The Labute approximate surface area is 212 Å². The van der Waals surface area contributed by atoms with Crippen LogP contribution >= 0.6 is 11.3 Å². The second kappa shape index (κ2) is 11.6. The molecule has 1 aromatic heterocycles. The second-order valence-corrected chi connectivity index (χ2v) is 11.9.